The van der Waals surface area contributed by atoms with Gasteiger partial charge in [-0.05, 0) is 52.8 Å². The van der Waals surface area contributed by atoms with Crippen LogP contribution in [0.4, 0.5) is 0 Å². The molecule has 0 fully saturated rings. The van der Waals surface area contributed by atoms with Crippen molar-refractivity contribution in [2.75, 3.05) is 27.2 Å². The van der Waals surface area contributed by atoms with E-state index in [2.05, 4.69) is 21.4 Å². The average Bonchev–Trinajstić information content (AvgIpc) is 2.67. The monoisotopic (exact) mass is 361 g/mol. The summed E-state index contributed by atoms with van der Waals surface area (Å²) >= 11 is 0. The number of aromatic nitrogens is 1. The van der Waals surface area contributed by atoms with E-state index in [4.69, 9.17) is 0 Å². The first-order valence-electron chi connectivity index (χ1n) is 8.64. The highest BCUT2D eigenvalue weighted by molar-refractivity contribution is 5.91. The molecule has 0 unspecified atom stereocenters. The number of likely N-dealkylation sites (N-methyl/N-ethyl adjacent to an activating group) is 1. The van der Waals surface area contributed by atoms with E-state index in [1.807, 2.05) is 27.9 Å². The van der Waals surface area contributed by atoms with Gasteiger partial charge in [0.2, 0.25) is 0 Å². The van der Waals surface area contributed by atoms with Crippen molar-refractivity contribution in [1.29, 1.82) is 0 Å². The zero-order chi connectivity index (χ0) is 19.6. The van der Waals surface area contributed by atoms with E-state index in [1.54, 1.807) is 0 Å². The van der Waals surface area contributed by atoms with Gasteiger partial charge in [-0.15, -0.1) is 0 Å². The van der Waals surface area contributed by atoms with Gasteiger partial charge in [0.15, 0.2) is 5.56 Å². The van der Waals surface area contributed by atoms with Gasteiger partial charge in [-0.3, -0.25) is 4.79 Å². The van der Waals surface area contributed by atoms with Crippen molar-refractivity contribution in [2.24, 2.45) is 0 Å². The molecule has 0 bridgehead atoms. The third-order valence-corrected chi connectivity index (χ3v) is 4.71. The van der Waals surface area contributed by atoms with Crippen LogP contribution in [0.3, 0.4) is 0 Å². The van der Waals surface area contributed by atoms with E-state index in [0.717, 1.165) is 42.9 Å². The predicted octanol–water partition coefficient (Wildman–Crippen LogP) is 2.24. The van der Waals surface area contributed by atoms with Crippen LogP contribution >= 0.6 is 0 Å². The number of carboxylic acid groups (broad SMARTS) is 1. The summed E-state index contributed by atoms with van der Waals surface area (Å²) in [5.74, 6) is -1.85. The molecule has 0 amide bonds. The lowest BCUT2D eigenvalue weighted by Crippen LogP contribution is -2.30. The number of carbonyl (C=O) groups is 1. The number of aromatic hydroxyl groups is 1. The summed E-state index contributed by atoms with van der Waals surface area (Å²) in [6, 6.07) is 0. The standard InChI is InChI=1S/C19H27N3O4/c1-11(2)22(10-9-21(4)5)14-8-6-7-13-16(12(14)3)20-18(24)15(17(13)23)19(25)26/h1,6-10H2,2-5H3,(H,25,26)(H2,20,23,24). The van der Waals surface area contributed by atoms with Crippen LogP contribution < -0.4 is 5.56 Å². The molecule has 1 aromatic heterocycles. The normalized spacial score (nSPS) is 14.2. The lowest BCUT2D eigenvalue weighted by Gasteiger charge is -2.30. The summed E-state index contributed by atoms with van der Waals surface area (Å²) in [6.45, 7) is 9.51. The summed E-state index contributed by atoms with van der Waals surface area (Å²) in [7, 11) is 4.01. The highest BCUT2D eigenvalue weighted by Gasteiger charge is 2.26. The van der Waals surface area contributed by atoms with Gasteiger partial charge in [0.05, 0.1) is 5.69 Å². The Morgan fingerprint density at radius 1 is 1.27 bits per heavy atom. The second kappa shape index (κ2) is 7.78. The number of H-pyrrole nitrogens is 1. The number of carboxylic acids is 1. The minimum atomic E-state index is -1.42. The quantitative estimate of drug-likeness (QED) is 0.719. The largest absolute Gasteiger partial charge is 0.506 e. The van der Waals surface area contributed by atoms with E-state index in [1.165, 1.54) is 0 Å². The van der Waals surface area contributed by atoms with E-state index < -0.39 is 22.8 Å². The molecular weight excluding hydrogens is 334 g/mol. The fraction of sp³-hybridized carbons (Fsp3) is 0.474. The molecule has 0 aromatic carbocycles. The van der Waals surface area contributed by atoms with Gasteiger partial charge < -0.3 is 25.0 Å². The highest BCUT2D eigenvalue weighted by Crippen LogP contribution is 2.35. The van der Waals surface area contributed by atoms with Gasteiger partial charge >= 0.3 is 5.97 Å². The average molecular weight is 361 g/mol. The second-order valence-corrected chi connectivity index (χ2v) is 6.95. The minimum Gasteiger partial charge on any atom is -0.506 e. The van der Waals surface area contributed by atoms with Gasteiger partial charge in [0.25, 0.3) is 5.56 Å². The molecule has 142 valence electrons. The molecule has 0 aliphatic heterocycles. The molecule has 1 aliphatic carbocycles. The van der Waals surface area contributed by atoms with Crippen LogP contribution in [0.2, 0.25) is 0 Å². The zero-order valence-corrected chi connectivity index (χ0v) is 15.8. The molecule has 1 heterocycles. The molecule has 0 atom stereocenters. The first-order chi connectivity index (χ1) is 12.1. The molecule has 1 aliphatic rings. The number of rotatable bonds is 6. The highest BCUT2D eigenvalue weighted by atomic mass is 16.4. The molecule has 26 heavy (non-hydrogen) atoms. The van der Waals surface area contributed by atoms with E-state index >= 15 is 0 Å². The fourth-order valence-electron chi connectivity index (χ4n) is 3.35. The number of hydrogen-bond acceptors (Lipinski definition) is 5. The van der Waals surface area contributed by atoms with Crippen molar-refractivity contribution in [3.05, 3.63) is 45.1 Å². The van der Waals surface area contributed by atoms with Crippen LogP contribution in [0.15, 0.2) is 22.8 Å². The van der Waals surface area contributed by atoms with Gasteiger partial charge in [-0.2, -0.15) is 0 Å². The van der Waals surface area contributed by atoms with E-state index in [0.29, 0.717) is 17.7 Å². The number of nitrogens with one attached hydrogen (secondary N) is 1. The van der Waals surface area contributed by atoms with E-state index in [9.17, 15) is 19.8 Å². The van der Waals surface area contributed by atoms with Gasteiger partial charge in [0.1, 0.15) is 5.75 Å². The third kappa shape index (κ3) is 3.83. The smallest absolute Gasteiger partial charge is 0.345 e. The van der Waals surface area contributed by atoms with Gasteiger partial charge in [-0.25, -0.2) is 4.79 Å². The van der Waals surface area contributed by atoms with Crippen molar-refractivity contribution >= 4 is 11.5 Å². The maximum atomic E-state index is 12.2. The molecule has 0 saturated heterocycles. The number of aromatic amines is 1. The Bertz CT molecular complexity index is 821. The number of aromatic carboxylic acids is 1. The van der Waals surface area contributed by atoms with Gasteiger partial charge in [0, 0.05) is 30.0 Å². The number of hydrogen-bond donors (Lipinski definition) is 3. The summed E-state index contributed by atoms with van der Waals surface area (Å²) in [5.41, 5.74) is 2.40. The Morgan fingerprint density at radius 2 is 1.92 bits per heavy atom. The Kier molecular flexibility index (Phi) is 5.92. The van der Waals surface area contributed by atoms with Crippen LogP contribution in [-0.4, -0.2) is 58.2 Å². The minimum absolute atomic E-state index is 0.424. The molecule has 7 nitrogen and oxygen atoms in total. The SMILES string of the molecule is C=C(C)N(CCN(C)C)C1=C(C)c2[nH]c(=O)c(C(=O)O)c(O)c2CCC1. The van der Waals surface area contributed by atoms with Crippen LogP contribution in [0.1, 0.15) is 48.3 Å². The summed E-state index contributed by atoms with van der Waals surface area (Å²) in [4.78, 5) is 30.4. The topological polar surface area (TPSA) is 96.9 Å². The lowest BCUT2D eigenvalue weighted by molar-refractivity contribution is 0.0691. The zero-order valence-electron chi connectivity index (χ0n) is 15.8. The maximum Gasteiger partial charge on any atom is 0.345 e. The van der Waals surface area contributed by atoms with Crippen LogP contribution in [-0.2, 0) is 6.42 Å². The summed E-state index contributed by atoms with van der Waals surface area (Å²) < 4.78 is 0. The molecule has 1 aromatic rings. The van der Waals surface area contributed by atoms with Crippen molar-refractivity contribution in [1.82, 2.24) is 14.8 Å². The van der Waals surface area contributed by atoms with E-state index in [-0.39, 0.29) is 0 Å². The molecule has 0 radical (unpaired) electrons. The fourth-order valence-corrected chi connectivity index (χ4v) is 3.35. The van der Waals surface area contributed by atoms with Crippen LogP contribution in [0.5, 0.6) is 5.75 Å². The summed E-state index contributed by atoms with van der Waals surface area (Å²) in [5, 5.41) is 19.6. The molecular formula is C19H27N3O4. The molecule has 0 saturated carbocycles. The van der Waals surface area contributed by atoms with Crippen molar-refractivity contribution in [2.45, 2.75) is 33.1 Å². The predicted molar refractivity (Wildman–Crippen MR) is 101 cm³/mol. The molecule has 0 spiro atoms. The Hall–Kier alpha value is -2.54. The van der Waals surface area contributed by atoms with Crippen LogP contribution in [0, 0.1) is 0 Å². The van der Waals surface area contributed by atoms with Crippen molar-refractivity contribution in [3.63, 3.8) is 0 Å². The molecule has 2 rings (SSSR count). The lowest BCUT2D eigenvalue weighted by atomic mass is 10.0. The maximum absolute atomic E-state index is 12.2. The number of fused-ring (bicyclic) bond motifs is 1. The Labute approximate surface area is 153 Å². The molecule has 3 N–H and O–H groups in total. The number of nitrogens with zero attached hydrogens (tertiary/aromatic N) is 2. The second-order valence-electron chi connectivity index (χ2n) is 6.95. The Balaban J connectivity index is 2.61. The summed E-state index contributed by atoms with van der Waals surface area (Å²) in [6.07, 6.45) is 1.99. The first kappa shape index (κ1) is 19.8. The van der Waals surface area contributed by atoms with Crippen molar-refractivity contribution in [3.8, 4) is 5.75 Å². The first-order valence-corrected chi connectivity index (χ1v) is 8.64. The molecule has 7 heteroatoms. The van der Waals surface area contributed by atoms with Gasteiger partial charge in [-0.1, -0.05) is 6.58 Å². The number of pyridine rings is 1. The van der Waals surface area contributed by atoms with Crippen molar-refractivity contribution < 1.29 is 15.0 Å². The van der Waals surface area contributed by atoms with Crippen LogP contribution in [0.25, 0.3) is 5.57 Å². The Morgan fingerprint density at radius 3 is 2.46 bits per heavy atom. The third-order valence-electron chi connectivity index (χ3n) is 4.71. The number of allylic oxidation sites excluding steroid dienone is 3.